The Bertz CT molecular complexity index is 1150. The number of fused-ring (bicyclic) bond motifs is 1. The normalized spacial score (nSPS) is 10.8. The number of thioether (sulfide) groups is 1. The number of hydrogen-bond donors (Lipinski definition) is 1. The third-order valence-electron chi connectivity index (χ3n) is 4.39. The first-order valence-corrected chi connectivity index (χ1v) is 9.63. The third kappa shape index (κ3) is 3.86. The number of pyridine rings is 1. The van der Waals surface area contributed by atoms with Gasteiger partial charge in [0.1, 0.15) is 0 Å². The molecule has 0 aliphatic carbocycles. The molecule has 0 spiro atoms. The van der Waals surface area contributed by atoms with E-state index in [1.807, 2.05) is 78.9 Å². The van der Waals surface area contributed by atoms with Gasteiger partial charge in [0.15, 0.2) is 5.78 Å². The van der Waals surface area contributed by atoms with E-state index in [1.165, 1.54) is 11.8 Å². The standard InChI is InChI=1S/C23H17NO2S/c25-21(18-12-10-17(11-13-18)16-6-2-1-3-7-16)15-27-23-20-9-5-4-8-19(20)14-22(26)24-23/h1-14H,15H2,(H,24,26). The van der Waals surface area contributed by atoms with E-state index in [1.54, 1.807) is 6.07 Å². The quantitative estimate of drug-likeness (QED) is 0.389. The number of aromatic nitrogens is 1. The molecule has 4 heteroatoms. The number of carbonyl (C=O) groups is 1. The maximum atomic E-state index is 12.6. The summed E-state index contributed by atoms with van der Waals surface area (Å²) >= 11 is 1.36. The van der Waals surface area contributed by atoms with Crippen LogP contribution in [0.4, 0.5) is 0 Å². The number of rotatable bonds is 5. The lowest BCUT2D eigenvalue weighted by Gasteiger charge is -2.07. The van der Waals surface area contributed by atoms with Gasteiger partial charge in [0.2, 0.25) is 5.56 Å². The molecule has 27 heavy (non-hydrogen) atoms. The number of benzene rings is 3. The molecule has 4 aromatic rings. The number of aromatic amines is 1. The zero-order valence-electron chi connectivity index (χ0n) is 14.5. The number of Topliss-reactive ketones (excluding diaryl/α,β-unsaturated/α-hetero) is 1. The molecule has 3 nitrogen and oxygen atoms in total. The van der Waals surface area contributed by atoms with Gasteiger partial charge in [-0.25, -0.2) is 0 Å². The van der Waals surface area contributed by atoms with E-state index in [0.717, 1.165) is 26.9 Å². The van der Waals surface area contributed by atoms with Gasteiger partial charge in [-0.15, -0.1) is 0 Å². The Labute approximate surface area is 161 Å². The van der Waals surface area contributed by atoms with E-state index in [4.69, 9.17) is 0 Å². The van der Waals surface area contributed by atoms with E-state index in [-0.39, 0.29) is 17.1 Å². The predicted molar refractivity (Wildman–Crippen MR) is 112 cm³/mol. The van der Waals surface area contributed by atoms with Crippen LogP contribution >= 0.6 is 11.8 Å². The van der Waals surface area contributed by atoms with Crippen molar-refractivity contribution >= 4 is 28.3 Å². The van der Waals surface area contributed by atoms with E-state index < -0.39 is 0 Å². The second kappa shape index (κ2) is 7.64. The molecule has 0 radical (unpaired) electrons. The molecule has 0 fully saturated rings. The van der Waals surface area contributed by atoms with Crippen LogP contribution in [0.2, 0.25) is 0 Å². The summed E-state index contributed by atoms with van der Waals surface area (Å²) in [4.78, 5) is 27.3. The summed E-state index contributed by atoms with van der Waals surface area (Å²) in [5.74, 6) is 0.308. The highest BCUT2D eigenvalue weighted by molar-refractivity contribution is 8.00. The van der Waals surface area contributed by atoms with Gasteiger partial charge in [-0.3, -0.25) is 9.59 Å². The summed E-state index contributed by atoms with van der Waals surface area (Å²) < 4.78 is 0. The van der Waals surface area contributed by atoms with Crippen LogP contribution < -0.4 is 5.56 Å². The minimum absolute atomic E-state index is 0.0356. The summed E-state index contributed by atoms with van der Waals surface area (Å²) in [5.41, 5.74) is 2.72. The van der Waals surface area contributed by atoms with Gasteiger partial charge in [0.05, 0.1) is 10.8 Å². The zero-order chi connectivity index (χ0) is 18.6. The SMILES string of the molecule is O=C(CSc1[nH]c(=O)cc2ccccc12)c1ccc(-c2ccccc2)cc1. The number of carbonyl (C=O) groups excluding carboxylic acids is 1. The van der Waals surface area contributed by atoms with E-state index in [0.29, 0.717) is 5.56 Å². The van der Waals surface area contributed by atoms with Crippen molar-refractivity contribution in [3.05, 3.63) is 101 Å². The fourth-order valence-electron chi connectivity index (χ4n) is 3.00. The van der Waals surface area contributed by atoms with Crippen molar-refractivity contribution in [2.45, 2.75) is 5.03 Å². The molecular formula is C23H17NO2S. The van der Waals surface area contributed by atoms with E-state index in [9.17, 15) is 9.59 Å². The molecule has 0 bridgehead atoms. The molecule has 0 unspecified atom stereocenters. The van der Waals surface area contributed by atoms with Crippen molar-refractivity contribution < 1.29 is 4.79 Å². The van der Waals surface area contributed by atoms with E-state index >= 15 is 0 Å². The van der Waals surface area contributed by atoms with Crippen molar-refractivity contribution in [3.8, 4) is 11.1 Å². The van der Waals surface area contributed by atoms with Gasteiger partial charge in [0.25, 0.3) is 0 Å². The van der Waals surface area contributed by atoms with Crippen LogP contribution in [0.15, 0.2) is 94.7 Å². The Balaban J connectivity index is 1.51. The molecule has 1 aromatic heterocycles. The Morgan fingerprint density at radius 3 is 2.26 bits per heavy atom. The zero-order valence-corrected chi connectivity index (χ0v) is 15.3. The Morgan fingerprint density at radius 2 is 1.48 bits per heavy atom. The molecule has 4 rings (SSSR count). The van der Waals surface area contributed by atoms with Crippen molar-refractivity contribution in [2.24, 2.45) is 0 Å². The van der Waals surface area contributed by atoms with Crippen LogP contribution in [0.5, 0.6) is 0 Å². The molecule has 0 atom stereocenters. The summed E-state index contributed by atoms with van der Waals surface area (Å²) in [7, 11) is 0. The van der Waals surface area contributed by atoms with Crippen LogP contribution in [0, 0.1) is 0 Å². The average molecular weight is 371 g/mol. The topological polar surface area (TPSA) is 49.9 Å². The van der Waals surface area contributed by atoms with Crippen LogP contribution in [-0.4, -0.2) is 16.5 Å². The molecule has 1 heterocycles. The lowest BCUT2D eigenvalue weighted by atomic mass is 10.0. The number of H-pyrrole nitrogens is 1. The molecule has 0 saturated heterocycles. The summed E-state index contributed by atoms with van der Waals surface area (Å²) in [6, 6.07) is 27.0. The highest BCUT2D eigenvalue weighted by atomic mass is 32.2. The van der Waals surface area contributed by atoms with Gasteiger partial charge in [0, 0.05) is 17.0 Å². The molecule has 3 aromatic carbocycles. The Kier molecular flexibility index (Phi) is 4.90. The number of hydrogen-bond acceptors (Lipinski definition) is 3. The number of nitrogens with one attached hydrogen (secondary N) is 1. The minimum atomic E-state index is -0.157. The summed E-state index contributed by atoms with van der Waals surface area (Å²) in [6.45, 7) is 0. The monoisotopic (exact) mass is 371 g/mol. The fourth-order valence-corrected chi connectivity index (χ4v) is 3.96. The van der Waals surface area contributed by atoms with Crippen LogP contribution in [0.25, 0.3) is 21.9 Å². The fraction of sp³-hybridized carbons (Fsp3) is 0.0435. The molecule has 0 saturated carbocycles. The number of ketones is 1. The van der Waals surface area contributed by atoms with E-state index in [2.05, 4.69) is 4.98 Å². The average Bonchev–Trinajstić information content (AvgIpc) is 2.72. The van der Waals surface area contributed by atoms with Crippen LogP contribution in [0.1, 0.15) is 10.4 Å². The van der Waals surface area contributed by atoms with Crippen molar-refractivity contribution in [1.29, 1.82) is 0 Å². The Morgan fingerprint density at radius 1 is 0.815 bits per heavy atom. The van der Waals surface area contributed by atoms with Gasteiger partial charge < -0.3 is 4.98 Å². The van der Waals surface area contributed by atoms with Gasteiger partial charge >= 0.3 is 0 Å². The first kappa shape index (κ1) is 17.3. The summed E-state index contributed by atoms with van der Waals surface area (Å²) in [5, 5.41) is 2.56. The van der Waals surface area contributed by atoms with Crippen LogP contribution in [-0.2, 0) is 0 Å². The third-order valence-corrected chi connectivity index (χ3v) is 5.41. The van der Waals surface area contributed by atoms with Gasteiger partial charge in [-0.1, -0.05) is 90.6 Å². The van der Waals surface area contributed by atoms with Crippen molar-refractivity contribution in [3.63, 3.8) is 0 Å². The highest BCUT2D eigenvalue weighted by Crippen LogP contribution is 2.25. The van der Waals surface area contributed by atoms with Gasteiger partial charge in [-0.2, -0.15) is 0 Å². The molecule has 0 amide bonds. The van der Waals surface area contributed by atoms with Crippen LogP contribution in [0.3, 0.4) is 0 Å². The lowest BCUT2D eigenvalue weighted by Crippen LogP contribution is -2.07. The maximum absolute atomic E-state index is 12.6. The predicted octanol–water partition coefficient (Wildman–Crippen LogP) is 5.17. The van der Waals surface area contributed by atoms with Crippen molar-refractivity contribution in [1.82, 2.24) is 4.98 Å². The molecule has 1 N–H and O–H groups in total. The maximum Gasteiger partial charge on any atom is 0.249 e. The Hall–Kier alpha value is -3.11. The minimum Gasteiger partial charge on any atom is -0.317 e. The molecule has 0 aliphatic rings. The first-order valence-electron chi connectivity index (χ1n) is 8.64. The van der Waals surface area contributed by atoms with Gasteiger partial charge in [-0.05, 0) is 16.5 Å². The highest BCUT2D eigenvalue weighted by Gasteiger charge is 2.10. The second-order valence-electron chi connectivity index (χ2n) is 6.21. The lowest BCUT2D eigenvalue weighted by molar-refractivity contribution is 0.102. The molecule has 132 valence electrons. The molecule has 0 aliphatic heterocycles. The largest absolute Gasteiger partial charge is 0.317 e. The first-order chi connectivity index (χ1) is 13.2. The smallest absolute Gasteiger partial charge is 0.249 e. The summed E-state index contributed by atoms with van der Waals surface area (Å²) in [6.07, 6.45) is 0. The molecular weight excluding hydrogens is 354 g/mol. The second-order valence-corrected chi connectivity index (χ2v) is 7.19. The van der Waals surface area contributed by atoms with Crippen molar-refractivity contribution in [2.75, 3.05) is 5.75 Å².